The first-order valence-electron chi connectivity index (χ1n) is 10.6. The largest absolute Gasteiger partial charge is 0.507 e. The number of ether oxygens (including phenoxy) is 2. The highest BCUT2D eigenvalue weighted by Gasteiger charge is 2.48. The number of halogens is 1. The van der Waals surface area contributed by atoms with Gasteiger partial charge in [-0.1, -0.05) is 23.5 Å². The molecule has 1 aliphatic rings. The number of methoxy groups -OCH3 is 2. The van der Waals surface area contributed by atoms with Gasteiger partial charge in [0.05, 0.1) is 36.1 Å². The Balaban J connectivity index is 1.70. The highest BCUT2D eigenvalue weighted by Crippen LogP contribution is 2.44. The molecule has 0 spiro atoms. The van der Waals surface area contributed by atoms with Crippen LogP contribution in [0.2, 0.25) is 0 Å². The number of aliphatic hydroxyl groups excluding tert-OH is 1. The fraction of sp³-hybridized carbons (Fsp3) is 0.115. The van der Waals surface area contributed by atoms with Crippen LogP contribution < -0.4 is 14.4 Å². The van der Waals surface area contributed by atoms with Crippen molar-refractivity contribution in [3.05, 3.63) is 89.2 Å². The summed E-state index contributed by atoms with van der Waals surface area (Å²) in [5, 5.41) is 11.4. The smallest absolute Gasteiger partial charge is 0.301 e. The number of thiazole rings is 1. The molecular weight excluding hydrogens is 471 g/mol. The number of ketones is 1. The van der Waals surface area contributed by atoms with Crippen LogP contribution in [-0.4, -0.2) is 36.0 Å². The Hall–Kier alpha value is -4.24. The number of anilines is 1. The molecule has 1 saturated heterocycles. The average molecular weight is 491 g/mol. The van der Waals surface area contributed by atoms with Gasteiger partial charge in [0.1, 0.15) is 23.1 Å². The van der Waals surface area contributed by atoms with Crippen molar-refractivity contribution in [2.45, 2.75) is 6.04 Å². The van der Waals surface area contributed by atoms with Gasteiger partial charge in [-0.2, -0.15) is 0 Å². The van der Waals surface area contributed by atoms with Gasteiger partial charge in [0.2, 0.25) is 0 Å². The van der Waals surface area contributed by atoms with Crippen LogP contribution >= 0.6 is 11.3 Å². The van der Waals surface area contributed by atoms with Crippen LogP contribution in [0.4, 0.5) is 9.52 Å². The first-order valence-corrected chi connectivity index (χ1v) is 11.4. The zero-order valence-corrected chi connectivity index (χ0v) is 19.5. The zero-order valence-electron chi connectivity index (χ0n) is 18.7. The lowest BCUT2D eigenvalue weighted by atomic mass is 9.95. The van der Waals surface area contributed by atoms with Gasteiger partial charge in [-0.05, 0) is 60.2 Å². The van der Waals surface area contributed by atoms with Crippen LogP contribution in [0.15, 0.2) is 72.3 Å². The van der Waals surface area contributed by atoms with Crippen molar-refractivity contribution in [2.75, 3.05) is 19.1 Å². The molecular formula is C26H19FN2O5S. The third kappa shape index (κ3) is 3.89. The number of fused-ring (bicyclic) bond motifs is 1. The summed E-state index contributed by atoms with van der Waals surface area (Å²) in [4.78, 5) is 32.4. The predicted octanol–water partition coefficient (Wildman–Crippen LogP) is 5.08. The van der Waals surface area contributed by atoms with E-state index in [0.717, 1.165) is 4.70 Å². The van der Waals surface area contributed by atoms with Crippen LogP contribution in [-0.2, 0) is 9.59 Å². The Morgan fingerprint density at radius 3 is 2.29 bits per heavy atom. The van der Waals surface area contributed by atoms with E-state index in [-0.39, 0.29) is 11.1 Å². The van der Waals surface area contributed by atoms with E-state index in [0.29, 0.717) is 27.7 Å². The van der Waals surface area contributed by atoms with Crippen LogP contribution in [0.5, 0.6) is 11.5 Å². The fourth-order valence-corrected chi connectivity index (χ4v) is 5.04. The number of rotatable bonds is 5. The molecule has 5 rings (SSSR count). The highest BCUT2D eigenvalue weighted by molar-refractivity contribution is 7.22. The number of carbonyl (C=O) groups is 2. The SMILES string of the molecule is COc1ccc([C@@H]2/C(=C(\O)c3ccc(F)cc3)C(=O)C(=O)N2c2nc3ccc(OC)cc3s2)cc1. The third-order valence-electron chi connectivity index (χ3n) is 5.78. The van der Waals surface area contributed by atoms with Crippen molar-refractivity contribution in [3.8, 4) is 11.5 Å². The fourth-order valence-electron chi connectivity index (χ4n) is 4.02. The highest BCUT2D eigenvalue weighted by atomic mass is 32.1. The standard InChI is InChI=1S/C26H19FN2O5S/c1-33-17-9-5-14(6-10-17)22-21(23(30)15-3-7-16(27)8-4-15)24(31)25(32)29(22)26-28-19-12-11-18(34-2)13-20(19)35-26/h3-13,22,30H,1-2H3/b23-21+/t22-/m1/s1. The van der Waals surface area contributed by atoms with Crippen LogP contribution in [0.1, 0.15) is 17.2 Å². The summed E-state index contributed by atoms with van der Waals surface area (Å²) < 4.78 is 24.7. The van der Waals surface area contributed by atoms with Gasteiger partial charge < -0.3 is 14.6 Å². The van der Waals surface area contributed by atoms with E-state index in [1.165, 1.54) is 47.6 Å². The molecule has 3 aromatic carbocycles. The Bertz CT molecular complexity index is 1480. The summed E-state index contributed by atoms with van der Waals surface area (Å²) in [7, 11) is 3.09. The van der Waals surface area contributed by atoms with E-state index in [4.69, 9.17) is 9.47 Å². The number of hydrogen-bond acceptors (Lipinski definition) is 7. The lowest BCUT2D eigenvalue weighted by molar-refractivity contribution is -0.132. The Labute approximate surface area is 203 Å². The normalized spacial score (nSPS) is 17.2. The van der Waals surface area contributed by atoms with Crippen molar-refractivity contribution in [3.63, 3.8) is 0 Å². The van der Waals surface area contributed by atoms with Gasteiger partial charge >= 0.3 is 5.91 Å². The van der Waals surface area contributed by atoms with E-state index in [1.54, 1.807) is 49.6 Å². The summed E-state index contributed by atoms with van der Waals surface area (Å²) in [5.74, 6) is -1.33. The summed E-state index contributed by atoms with van der Waals surface area (Å²) in [6, 6.07) is 16.3. The minimum Gasteiger partial charge on any atom is -0.507 e. The molecule has 0 bridgehead atoms. The molecule has 4 aromatic rings. The number of aliphatic hydroxyl groups is 1. The second-order valence-electron chi connectivity index (χ2n) is 7.78. The van der Waals surface area contributed by atoms with Gasteiger partial charge in [0, 0.05) is 5.56 Å². The lowest BCUT2D eigenvalue weighted by Crippen LogP contribution is -2.29. The van der Waals surface area contributed by atoms with E-state index >= 15 is 0 Å². The third-order valence-corrected chi connectivity index (χ3v) is 6.80. The summed E-state index contributed by atoms with van der Waals surface area (Å²) >= 11 is 1.23. The number of carbonyl (C=O) groups excluding carboxylic acids is 2. The quantitative estimate of drug-likeness (QED) is 0.239. The number of Topliss-reactive ketones (excluding diaryl/α,β-unsaturated/α-hetero) is 1. The van der Waals surface area contributed by atoms with Crippen molar-refractivity contribution in [1.29, 1.82) is 0 Å². The van der Waals surface area contributed by atoms with E-state index in [9.17, 15) is 19.1 Å². The van der Waals surface area contributed by atoms with Gasteiger partial charge in [-0.25, -0.2) is 9.37 Å². The minimum atomic E-state index is -0.951. The molecule has 35 heavy (non-hydrogen) atoms. The number of benzene rings is 3. The lowest BCUT2D eigenvalue weighted by Gasteiger charge is -2.23. The molecule has 1 atom stereocenters. The zero-order chi connectivity index (χ0) is 24.7. The molecule has 9 heteroatoms. The van der Waals surface area contributed by atoms with E-state index in [1.807, 2.05) is 0 Å². The van der Waals surface area contributed by atoms with E-state index in [2.05, 4.69) is 4.98 Å². The van der Waals surface area contributed by atoms with Crippen molar-refractivity contribution in [1.82, 2.24) is 4.98 Å². The Morgan fingerprint density at radius 2 is 1.63 bits per heavy atom. The number of nitrogens with zero attached hydrogens (tertiary/aromatic N) is 2. The molecule has 1 N–H and O–H groups in total. The molecule has 1 amide bonds. The summed E-state index contributed by atoms with van der Waals surface area (Å²) in [5.41, 5.74) is 1.32. The topological polar surface area (TPSA) is 89.0 Å². The number of hydrogen-bond donors (Lipinski definition) is 1. The van der Waals surface area contributed by atoms with Crippen molar-refractivity contribution in [2.24, 2.45) is 0 Å². The molecule has 1 fully saturated rings. The predicted molar refractivity (Wildman–Crippen MR) is 130 cm³/mol. The molecule has 0 unspecified atom stereocenters. The van der Waals surface area contributed by atoms with Crippen LogP contribution in [0.25, 0.3) is 16.0 Å². The monoisotopic (exact) mass is 490 g/mol. The number of amides is 1. The Morgan fingerprint density at radius 1 is 0.971 bits per heavy atom. The van der Waals surface area contributed by atoms with Gasteiger partial charge in [-0.3, -0.25) is 14.5 Å². The van der Waals surface area contributed by atoms with Crippen molar-refractivity contribution >= 4 is 44.1 Å². The maximum atomic E-state index is 13.5. The van der Waals surface area contributed by atoms with Gasteiger partial charge in [0.15, 0.2) is 5.13 Å². The average Bonchev–Trinajstić information content (AvgIpc) is 3.41. The molecule has 2 heterocycles. The van der Waals surface area contributed by atoms with Crippen molar-refractivity contribution < 1.29 is 28.6 Å². The maximum Gasteiger partial charge on any atom is 0.301 e. The van der Waals surface area contributed by atoms with Crippen LogP contribution in [0, 0.1) is 5.82 Å². The molecule has 176 valence electrons. The molecule has 1 aromatic heterocycles. The molecule has 7 nitrogen and oxygen atoms in total. The first-order chi connectivity index (χ1) is 16.9. The van der Waals surface area contributed by atoms with Crippen LogP contribution in [0.3, 0.4) is 0 Å². The van der Waals surface area contributed by atoms with Gasteiger partial charge in [-0.15, -0.1) is 0 Å². The van der Waals surface area contributed by atoms with E-state index < -0.39 is 29.3 Å². The molecule has 0 aliphatic carbocycles. The first kappa shape index (κ1) is 22.5. The summed E-state index contributed by atoms with van der Waals surface area (Å²) in [6.07, 6.45) is 0. The minimum absolute atomic E-state index is 0.108. The second kappa shape index (κ2) is 8.84. The maximum absolute atomic E-state index is 13.5. The second-order valence-corrected chi connectivity index (χ2v) is 8.79. The molecule has 1 aliphatic heterocycles. The van der Waals surface area contributed by atoms with Gasteiger partial charge in [0.25, 0.3) is 5.78 Å². The number of aromatic nitrogens is 1. The summed E-state index contributed by atoms with van der Waals surface area (Å²) in [6.45, 7) is 0. The molecule has 0 radical (unpaired) electrons. The molecule has 0 saturated carbocycles. The Kier molecular flexibility index (Phi) is 5.70.